The predicted molar refractivity (Wildman–Crippen MR) is 68.4 cm³/mol. The summed E-state index contributed by atoms with van der Waals surface area (Å²) in [4.78, 5) is 11.2. The number of carbonyl (C=O) groups excluding carboxylic acids is 1. The highest BCUT2D eigenvalue weighted by Crippen LogP contribution is 2.30. The maximum atomic E-state index is 11.7. The third-order valence-electron chi connectivity index (χ3n) is 2.28. The van der Waals surface area contributed by atoms with E-state index in [1.165, 1.54) is 26.2 Å². The first kappa shape index (κ1) is 13.9. The second kappa shape index (κ2) is 4.97. The minimum Gasteiger partial charge on any atom is -0.496 e. The Morgan fingerprint density at radius 3 is 2.47 bits per heavy atom. The molecule has 2 N–H and O–H groups in total. The fourth-order valence-corrected chi connectivity index (χ4v) is 2.54. The molecule has 0 radical (unpaired) electrons. The van der Waals surface area contributed by atoms with Crippen molar-refractivity contribution in [2.45, 2.75) is 11.8 Å². The standard InChI is InChI=1S/C10H13NO4S2/c1-3-17(13,14)9-4-6(10(12)16)8(15-2)5-7(9)11/h4-5H,3,11H2,1-2H3,(H,12,16). The van der Waals surface area contributed by atoms with E-state index in [1.807, 2.05) is 0 Å². The van der Waals surface area contributed by atoms with Gasteiger partial charge >= 0.3 is 0 Å². The predicted octanol–water partition coefficient (Wildman–Crippen LogP) is 1.14. The average molecular weight is 275 g/mol. The van der Waals surface area contributed by atoms with Crippen LogP contribution in [0.2, 0.25) is 0 Å². The van der Waals surface area contributed by atoms with Crippen LogP contribution in [0.3, 0.4) is 0 Å². The Labute approximate surface area is 105 Å². The van der Waals surface area contributed by atoms with E-state index in [2.05, 4.69) is 12.6 Å². The summed E-state index contributed by atoms with van der Waals surface area (Å²) in [6, 6.07) is 2.51. The molecule has 5 nitrogen and oxygen atoms in total. The van der Waals surface area contributed by atoms with Crippen molar-refractivity contribution >= 4 is 33.3 Å². The lowest BCUT2D eigenvalue weighted by molar-refractivity contribution is 0.108. The molecule has 0 atom stereocenters. The van der Waals surface area contributed by atoms with Gasteiger partial charge in [-0.3, -0.25) is 4.79 Å². The van der Waals surface area contributed by atoms with Crippen LogP contribution in [0.25, 0.3) is 0 Å². The van der Waals surface area contributed by atoms with Crippen molar-refractivity contribution in [3.05, 3.63) is 17.7 Å². The van der Waals surface area contributed by atoms with Crippen molar-refractivity contribution in [1.29, 1.82) is 0 Å². The average Bonchev–Trinajstić information content (AvgIpc) is 2.27. The molecular weight excluding hydrogens is 262 g/mol. The summed E-state index contributed by atoms with van der Waals surface area (Å²) in [5.74, 6) is 0.113. The molecule has 0 saturated heterocycles. The largest absolute Gasteiger partial charge is 0.496 e. The van der Waals surface area contributed by atoms with Crippen molar-refractivity contribution in [3.8, 4) is 5.75 Å². The van der Waals surface area contributed by atoms with E-state index in [-0.39, 0.29) is 27.6 Å². The number of hydrogen-bond donors (Lipinski definition) is 2. The summed E-state index contributed by atoms with van der Waals surface area (Å²) in [5, 5.41) is -0.575. The van der Waals surface area contributed by atoms with Gasteiger partial charge in [0.1, 0.15) is 5.75 Å². The van der Waals surface area contributed by atoms with E-state index in [1.54, 1.807) is 0 Å². The highest BCUT2D eigenvalue weighted by Gasteiger charge is 2.20. The molecule has 1 aromatic rings. The Morgan fingerprint density at radius 2 is 2.06 bits per heavy atom. The van der Waals surface area contributed by atoms with Crippen LogP contribution in [-0.2, 0) is 9.84 Å². The van der Waals surface area contributed by atoms with Gasteiger partial charge in [-0.25, -0.2) is 8.42 Å². The van der Waals surface area contributed by atoms with Crippen LogP contribution < -0.4 is 10.5 Å². The van der Waals surface area contributed by atoms with Gasteiger partial charge in [0.25, 0.3) is 0 Å². The summed E-state index contributed by atoms with van der Waals surface area (Å²) in [5.41, 5.74) is 5.77. The van der Waals surface area contributed by atoms with E-state index in [0.717, 1.165) is 0 Å². The van der Waals surface area contributed by atoms with Crippen LogP contribution >= 0.6 is 12.6 Å². The number of sulfone groups is 1. The molecule has 0 spiro atoms. The third-order valence-corrected chi connectivity index (χ3v) is 4.30. The highest BCUT2D eigenvalue weighted by molar-refractivity contribution is 7.97. The summed E-state index contributed by atoms with van der Waals surface area (Å²) in [6.45, 7) is 1.50. The molecule has 0 aliphatic heterocycles. The fraction of sp³-hybridized carbons (Fsp3) is 0.300. The molecule has 1 rings (SSSR count). The second-order valence-electron chi connectivity index (χ2n) is 3.30. The van der Waals surface area contributed by atoms with Crippen LogP contribution in [0.1, 0.15) is 17.3 Å². The third kappa shape index (κ3) is 2.73. The molecule has 0 bridgehead atoms. The number of hydrogen-bond acceptors (Lipinski definition) is 5. The molecule has 0 aliphatic rings. The number of methoxy groups -OCH3 is 1. The minimum atomic E-state index is -3.48. The molecule has 0 saturated carbocycles. The SMILES string of the molecule is CCS(=O)(=O)c1cc(C(=O)S)c(OC)cc1N. The van der Waals surface area contributed by atoms with Crippen LogP contribution in [-0.4, -0.2) is 26.4 Å². The lowest BCUT2D eigenvalue weighted by Gasteiger charge is -2.11. The number of benzene rings is 1. The Morgan fingerprint density at radius 1 is 1.47 bits per heavy atom. The molecule has 0 heterocycles. The summed E-state index contributed by atoms with van der Waals surface area (Å²) in [7, 11) is -2.11. The number of ether oxygens (including phenoxy) is 1. The molecule has 0 unspecified atom stereocenters. The van der Waals surface area contributed by atoms with Gasteiger partial charge in [-0.1, -0.05) is 6.92 Å². The molecule has 0 aromatic heterocycles. The summed E-state index contributed by atoms with van der Waals surface area (Å²) in [6.07, 6.45) is 0. The van der Waals surface area contributed by atoms with E-state index >= 15 is 0 Å². The number of nitrogen functional groups attached to an aromatic ring is 1. The van der Waals surface area contributed by atoms with Crippen molar-refractivity contribution in [3.63, 3.8) is 0 Å². The maximum Gasteiger partial charge on any atom is 0.220 e. The van der Waals surface area contributed by atoms with Gasteiger partial charge in [0.2, 0.25) is 5.12 Å². The zero-order valence-electron chi connectivity index (χ0n) is 9.43. The van der Waals surface area contributed by atoms with Gasteiger partial charge in [-0.2, -0.15) is 0 Å². The van der Waals surface area contributed by atoms with Gasteiger partial charge in [0.05, 0.1) is 29.0 Å². The number of carbonyl (C=O) groups is 1. The van der Waals surface area contributed by atoms with Crippen molar-refractivity contribution in [2.24, 2.45) is 0 Å². The molecule has 0 aliphatic carbocycles. The van der Waals surface area contributed by atoms with E-state index in [0.29, 0.717) is 0 Å². The molecule has 94 valence electrons. The molecular formula is C10H13NO4S2. The van der Waals surface area contributed by atoms with Crippen LogP contribution in [0.15, 0.2) is 17.0 Å². The number of rotatable bonds is 4. The topological polar surface area (TPSA) is 86.5 Å². The molecule has 1 aromatic carbocycles. The zero-order chi connectivity index (χ0) is 13.2. The lowest BCUT2D eigenvalue weighted by Crippen LogP contribution is -2.09. The van der Waals surface area contributed by atoms with Crippen molar-refractivity contribution < 1.29 is 17.9 Å². The van der Waals surface area contributed by atoms with Crippen molar-refractivity contribution in [2.75, 3.05) is 18.6 Å². The minimum absolute atomic E-state index is 0.0574. The smallest absolute Gasteiger partial charge is 0.220 e. The van der Waals surface area contributed by atoms with Gasteiger partial charge in [0, 0.05) is 6.07 Å². The van der Waals surface area contributed by atoms with Crippen LogP contribution in [0.4, 0.5) is 5.69 Å². The second-order valence-corrected chi connectivity index (χ2v) is 5.95. The van der Waals surface area contributed by atoms with Gasteiger partial charge in [0.15, 0.2) is 9.84 Å². The molecule has 0 fully saturated rings. The normalized spacial score (nSPS) is 11.2. The quantitative estimate of drug-likeness (QED) is 0.635. The number of thiol groups is 1. The van der Waals surface area contributed by atoms with Gasteiger partial charge in [-0.05, 0) is 6.07 Å². The Bertz CT molecular complexity index is 552. The van der Waals surface area contributed by atoms with Gasteiger partial charge < -0.3 is 10.5 Å². The lowest BCUT2D eigenvalue weighted by atomic mass is 10.2. The maximum absolute atomic E-state index is 11.7. The first-order chi connectivity index (χ1) is 7.83. The van der Waals surface area contributed by atoms with E-state index in [4.69, 9.17) is 10.5 Å². The van der Waals surface area contributed by atoms with E-state index < -0.39 is 15.0 Å². The Kier molecular flexibility index (Phi) is 4.05. The molecule has 0 amide bonds. The number of nitrogens with two attached hydrogens (primary N) is 1. The Hall–Kier alpha value is -1.21. The van der Waals surface area contributed by atoms with Crippen LogP contribution in [0.5, 0.6) is 5.75 Å². The van der Waals surface area contributed by atoms with Crippen molar-refractivity contribution in [1.82, 2.24) is 0 Å². The number of anilines is 1. The zero-order valence-corrected chi connectivity index (χ0v) is 11.1. The first-order valence-corrected chi connectivity index (χ1v) is 6.87. The monoisotopic (exact) mass is 275 g/mol. The first-order valence-electron chi connectivity index (χ1n) is 4.77. The highest BCUT2D eigenvalue weighted by atomic mass is 32.2. The van der Waals surface area contributed by atoms with Crippen LogP contribution in [0, 0.1) is 0 Å². The molecule has 17 heavy (non-hydrogen) atoms. The Balaban J connectivity index is 3.56. The molecule has 7 heteroatoms. The van der Waals surface area contributed by atoms with E-state index in [9.17, 15) is 13.2 Å². The van der Waals surface area contributed by atoms with Gasteiger partial charge in [-0.15, -0.1) is 12.6 Å². The summed E-state index contributed by atoms with van der Waals surface area (Å²) >= 11 is 3.66. The summed E-state index contributed by atoms with van der Waals surface area (Å²) < 4.78 is 28.4. The fourth-order valence-electron chi connectivity index (χ4n) is 1.34.